The number of nitrogens with zero attached hydrogens (tertiary/aromatic N) is 2. The van der Waals surface area contributed by atoms with Gasteiger partial charge in [0.15, 0.2) is 0 Å². The van der Waals surface area contributed by atoms with E-state index in [2.05, 4.69) is 14.5 Å². The molecule has 0 aliphatic carbocycles. The largest absolute Gasteiger partial charge is 0.574 e. The van der Waals surface area contributed by atoms with E-state index in [0.717, 1.165) is 19.2 Å². The molecular formula is C7H5F3N2O4. The summed E-state index contributed by atoms with van der Waals surface area (Å²) in [6.07, 6.45) is -5.05. The lowest BCUT2D eigenvalue weighted by atomic mass is 10.4. The van der Waals surface area contributed by atoms with Crippen LogP contribution < -0.4 is 9.47 Å². The Kier molecular flexibility index (Phi) is 3.16. The third-order valence-corrected chi connectivity index (χ3v) is 1.43. The molecule has 0 radical (unpaired) electrons. The summed E-state index contributed by atoms with van der Waals surface area (Å²) in [7, 11) is 1.16. The van der Waals surface area contributed by atoms with Gasteiger partial charge >= 0.3 is 17.9 Å². The van der Waals surface area contributed by atoms with Gasteiger partial charge in [-0.05, 0) is 0 Å². The third kappa shape index (κ3) is 2.97. The van der Waals surface area contributed by atoms with Gasteiger partial charge in [0.1, 0.15) is 0 Å². The van der Waals surface area contributed by atoms with E-state index in [-0.39, 0.29) is 5.88 Å². The third-order valence-electron chi connectivity index (χ3n) is 1.43. The summed E-state index contributed by atoms with van der Waals surface area (Å²) >= 11 is 0. The van der Waals surface area contributed by atoms with Crippen LogP contribution in [0.2, 0.25) is 0 Å². The van der Waals surface area contributed by atoms with Crippen molar-refractivity contribution in [3.8, 4) is 11.8 Å². The maximum Gasteiger partial charge on any atom is 0.574 e. The van der Waals surface area contributed by atoms with Crippen molar-refractivity contribution in [3.63, 3.8) is 0 Å². The summed E-state index contributed by atoms with van der Waals surface area (Å²) in [4.78, 5) is 12.5. The second-order valence-corrected chi connectivity index (χ2v) is 2.48. The lowest BCUT2D eigenvalue weighted by Gasteiger charge is -2.08. The molecule has 88 valence electrons. The van der Waals surface area contributed by atoms with Crippen molar-refractivity contribution < 1.29 is 27.6 Å². The molecule has 6 nitrogen and oxygen atoms in total. The van der Waals surface area contributed by atoms with Crippen LogP contribution >= 0.6 is 0 Å². The highest BCUT2D eigenvalue weighted by atomic mass is 19.4. The zero-order valence-corrected chi connectivity index (χ0v) is 7.82. The van der Waals surface area contributed by atoms with Gasteiger partial charge in [0.2, 0.25) is 5.88 Å². The van der Waals surface area contributed by atoms with Crippen LogP contribution in [0.15, 0.2) is 12.1 Å². The number of nitro groups is 1. The fourth-order valence-electron chi connectivity index (χ4n) is 0.853. The van der Waals surface area contributed by atoms with Crippen molar-refractivity contribution in [3.05, 3.63) is 22.2 Å². The smallest absolute Gasteiger partial charge is 0.481 e. The highest BCUT2D eigenvalue weighted by molar-refractivity contribution is 5.43. The van der Waals surface area contributed by atoms with Crippen molar-refractivity contribution in [1.82, 2.24) is 4.98 Å². The minimum absolute atomic E-state index is 0.218. The molecule has 0 N–H and O–H groups in total. The first-order valence-corrected chi connectivity index (χ1v) is 3.78. The number of halogens is 3. The second kappa shape index (κ2) is 4.21. The Bertz CT molecular complexity index is 407. The summed E-state index contributed by atoms with van der Waals surface area (Å²) in [5.74, 6) is -1.37. The SMILES string of the molecule is COc1ccc([N+](=O)[O-])c(OC(F)(F)F)n1. The fraction of sp³-hybridized carbons (Fsp3) is 0.286. The minimum Gasteiger partial charge on any atom is -0.481 e. The molecule has 9 heteroatoms. The van der Waals surface area contributed by atoms with Crippen LogP contribution in [-0.2, 0) is 0 Å². The summed E-state index contributed by atoms with van der Waals surface area (Å²) < 4.78 is 43.6. The number of hydrogen-bond donors (Lipinski definition) is 0. The first-order valence-electron chi connectivity index (χ1n) is 3.78. The van der Waals surface area contributed by atoms with Crippen LogP contribution in [0.4, 0.5) is 18.9 Å². The standard InChI is InChI=1S/C7H5F3N2O4/c1-15-5-3-2-4(12(13)14)6(11-5)16-7(8,9)10/h2-3H,1H3. The predicted molar refractivity (Wildman–Crippen MR) is 44.1 cm³/mol. The molecule has 0 atom stereocenters. The van der Waals surface area contributed by atoms with Crippen molar-refractivity contribution in [2.75, 3.05) is 7.11 Å². The van der Waals surface area contributed by atoms with Crippen molar-refractivity contribution in [2.45, 2.75) is 6.36 Å². The summed E-state index contributed by atoms with van der Waals surface area (Å²) in [5, 5.41) is 10.4. The Morgan fingerprint density at radius 1 is 1.44 bits per heavy atom. The molecule has 0 aliphatic rings. The van der Waals surface area contributed by atoms with Crippen LogP contribution in [0.3, 0.4) is 0 Å². The van der Waals surface area contributed by atoms with E-state index in [9.17, 15) is 23.3 Å². The van der Waals surface area contributed by atoms with Gasteiger partial charge < -0.3 is 9.47 Å². The topological polar surface area (TPSA) is 74.5 Å². The lowest BCUT2D eigenvalue weighted by Crippen LogP contribution is -2.18. The minimum atomic E-state index is -5.05. The van der Waals surface area contributed by atoms with Crippen LogP contribution in [0.5, 0.6) is 11.8 Å². The predicted octanol–water partition coefficient (Wildman–Crippen LogP) is 1.90. The van der Waals surface area contributed by atoms with Gasteiger partial charge in [-0.3, -0.25) is 10.1 Å². The molecule has 16 heavy (non-hydrogen) atoms. The van der Waals surface area contributed by atoms with Gasteiger partial charge in [0, 0.05) is 12.1 Å². The fourth-order valence-corrected chi connectivity index (χ4v) is 0.853. The highest BCUT2D eigenvalue weighted by Crippen LogP contribution is 2.31. The van der Waals surface area contributed by atoms with Crippen LogP contribution in [0.1, 0.15) is 0 Å². The molecule has 0 aliphatic heterocycles. The van der Waals surface area contributed by atoms with E-state index in [1.165, 1.54) is 0 Å². The average molecular weight is 238 g/mol. The Balaban J connectivity index is 3.15. The van der Waals surface area contributed by atoms with Gasteiger partial charge in [-0.2, -0.15) is 4.98 Å². The quantitative estimate of drug-likeness (QED) is 0.593. The van der Waals surface area contributed by atoms with Crippen molar-refractivity contribution in [2.24, 2.45) is 0 Å². The summed E-state index contributed by atoms with van der Waals surface area (Å²) in [5.41, 5.74) is -0.891. The number of alkyl halides is 3. The number of rotatable bonds is 3. The van der Waals surface area contributed by atoms with Gasteiger partial charge in [-0.15, -0.1) is 13.2 Å². The lowest BCUT2D eigenvalue weighted by molar-refractivity contribution is -0.389. The highest BCUT2D eigenvalue weighted by Gasteiger charge is 2.35. The molecule has 0 aromatic carbocycles. The maximum atomic E-state index is 11.9. The first kappa shape index (κ1) is 12.0. The molecule has 1 aromatic rings. The maximum absolute atomic E-state index is 11.9. The number of pyridine rings is 1. The zero-order valence-electron chi connectivity index (χ0n) is 7.82. The van der Waals surface area contributed by atoms with Crippen LogP contribution in [0.25, 0.3) is 0 Å². The normalized spacial score (nSPS) is 11.0. The average Bonchev–Trinajstić information content (AvgIpc) is 2.14. The van der Waals surface area contributed by atoms with Crippen molar-refractivity contribution >= 4 is 5.69 Å². The molecule has 1 heterocycles. The Hall–Kier alpha value is -2.06. The molecular weight excluding hydrogens is 233 g/mol. The Morgan fingerprint density at radius 3 is 2.50 bits per heavy atom. The number of aromatic nitrogens is 1. The van der Waals surface area contributed by atoms with Gasteiger partial charge in [0.25, 0.3) is 0 Å². The number of ether oxygens (including phenoxy) is 2. The van der Waals surface area contributed by atoms with Crippen LogP contribution in [-0.4, -0.2) is 23.4 Å². The van der Waals surface area contributed by atoms with Crippen molar-refractivity contribution in [1.29, 1.82) is 0 Å². The van der Waals surface area contributed by atoms with Gasteiger partial charge in [-0.25, -0.2) is 0 Å². The molecule has 0 saturated heterocycles. The van der Waals surface area contributed by atoms with E-state index in [0.29, 0.717) is 0 Å². The Morgan fingerprint density at radius 2 is 2.06 bits per heavy atom. The monoisotopic (exact) mass is 238 g/mol. The Labute approximate surface area is 86.8 Å². The number of methoxy groups -OCH3 is 1. The molecule has 1 rings (SSSR count). The number of hydrogen-bond acceptors (Lipinski definition) is 5. The molecule has 0 fully saturated rings. The van der Waals surface area contributed by atoms with Gasteiger partial charge in [-0.1, -0.05) is 0 Å². The molecule has 0 bridgehead atoms. The second-order valence-electron chi connectivity index (χ2n) is 2.48. The van der Waals surface area contributed by atoms with Gasteiger partial charge in [0.05, 0.1) is 12.0 Å². The van der Waals surface area contributed by atoms with E-state index in [1.54, 1.807) is 0 Å². The molecule has 0 amide bonds. The zero-order chi connectivity index (χ0) is 12.3. The van der Waals surface area contributed by atoms with Crippen LogP contribution in [0, 0.1) is 10.1 Å². The van der Waals surface area contributed by atoms with E-state index >= 15 is 0 Å². The molecule has 0 saturated carbocycles. The van der Waals surface area contributed by atoms with E-state index < -0.39 is 22.9 Å². The summed E-state index contributed by atoms with van der Waals surface area (Å²) in [6.45, 7) is 0. The molecule has 0 spiro atoms. The molecule has 0 unspecified atom stereocenters. The van der Waals surface area contributed by atoms with E-state index in [1.807, 2.05) is 0 Å². The summed E-state index contributed by atoms with van der Waals surface area (Å²) in [6, 6.07) is 1.87. The van der Waals surface area contributed by atoms with E-state index in [4.69, 9.17) is 0 Å². The molecule has 1 aromatic heterocycles. The first-order chi connectivity index (χ1) is 7.33.